The van der Waals surface area contributed by atoms with Gasteiger partial charge in [0.15, 0.2) is 0 Å². The Hall–Kier alpha value is -2.00. The number of nitrogens with one attached hydrogen (secondary N) is 1. The first-order valence-electron chi connectivity index (χ1n) is 7.35. The molecule has 1 unspecified atom stereocenters. The van der Waals surface area contributed by atoms with Crippen molar-refractivity contribution in [2.24, 2.45) is 0 Å². The van der Waals surface area contributed by atoms with Crippen LogP contribution in [0.2, 0.25) is 0 Å². The lowest BCUT2D eigenvalue weighted by Gasteiger charge is -2.24. The van der Waals surface area contributed by atoms with Crippen LogP contribution in [-0.4, -0.2) is 13.7 Å². The van der Waals surface area contributed by atoms with Crippen LogP contribution >= 0.6 is 0 Å². The van der Waals surface area contributed by atoms with Crippen LogP contribution in [0, 0.1) is 0 Å². The fraction of sp³-hybridized carbons (Fsp3) is 0.333. The van der Waals surface area contributed by atoms with Crippen molar-refractivity contribution >= 4 is 0 Å². The summed E-state index contributed by atoms with van der Waals surface area (Å²) in [4.78, 5) is 0. The van der Waals surface area contributed by atoms with Crippen molar-refractivity contribution < 1.29 is 9.47 Å². The Morgan fingerprint density at radius 1 is 1.10 bits per heavy atom. The van der Waals surface area contributed by atoms with Gasteiger partial charge in [-0.1, -0.05) is 25.1 Å². The van der Waals surface area contributed by atoms with Crippen molar-refractivity contribution in [2.45, 2.75) is 26.0 Å². The molecule has 1 aliphatic rings. The van der Waals surface area contributed by atoms with Crippen molar-refractivity contribution in [3.8, 4) is 11.5 Å². The normalized spacial score (nSPS) is 17.1. The molecule has 3 rings (SSSR count). The van der Waals surface area contributed by atoms with Gasteiger partial charge in [0.05, 0.1) is 7.11 Å². The molecule has 0 saturated heterocycles. The van der Waals surface area contributed by atoms with Crippen LogP contribution in [0.3, 0.4) is 0 Å². The van der Waals surface area contributed by atoms with Crippen molar-refractivity contribution in [1.29, 1.82) is 0 Å². The maximum Gasteiger partial charge on any atom is 0.120 e. The maximum atomic E-state index is 5.92. The molecule has 0 aromatic heterocycles. The van der Waals surface area contributed by atoms with Gasteiger partial charge in [-0.15, -0.1) is 0 Å². The van der Waals surface area contributed by atoms with Crippen LogP contribution < -0.4 is 14.8 Å². The highest BCUT2D eigenvalue weighted by Crippen LogP contribution is 2.28. The van der Waals surface area contributed by atoms with Gasteiger partial charge in [-0.2, -0.15) is 0 Å². The number of benzene rings is 2. The van der Waals surface area contributed by atoms with Gasteiger partial charge in [0, 0.05) is 13.1 Å². The van der Waals surface area contributed by atoms with Gasteiger partial charge in [0.1, 0.15) is 18.1 Å². The monoisotopic (exact) mass is 283 g/mol. The van der Waals surface area contributed by atoms with Gasteiger partial charge in [-0.25, -0.2) is 0 Å². The van der Waals surface area contributed by atoms with Crippen LogP contribution in [0.5, 0.6) is 11.5 Å². The van der Waals surface area contributed by atoms with Crippen LogP contribution in [-0.2, 0) is 13.2 Å². The van der Waals surface area contributed by atoms with E-state index in [9.17, 15) is 0 Å². The summed E-state index contributed by atoms with van der Waals surface area (Å²) in [7, 11) is 1.68. The predicted molar refractivity (Wildman–Crippen MR) is 83.9 cm³/mol. The first kappa shape index (κ1) is 14.0. The molecule has 3 nitrogen and oxygen atoms in total. The summed E-state index contributed by atoms with van der Waals surface area (Å²) < 4.78 is 11.1. The van der Waals surface area contributed by atoms with Crippen molar-refractivity contribution in [3.05, 3.63) is 59.2 Å². The Balaban J connectivity index is 1.68. The number of ether oxygens (including phenoxy) is 2. The minimum Gasteiger partial charge on any atom is -0.497 e. The zero-order chi connectivity index (χ0) is 14.7. The molecule has 0 spiro atoms. The van der Waals surface area contributed by atoms with E-state index in [1.165, 1.54) is 11.1 Å². The molecule has 0 amide bonds. The maximum absolute atomic E-state index is 5.92. The van der Waals surface area contributed by atoms with Gasteiger partial charge in [0.25, 0.3) is 0 Å². The third-order valence-electron chi connectivity index (χ3n) is 3.98. The Morgan fingerprint density at radius 3 is 2.62 bits per heavy atom. The molecule has 0 fully saturated rings. The first-order valence-corrected chi connectivity index (χ1v) is 7.35. The molecule has 2 aromatic carbocycles. The number of hydrogen-bond donors (Lipinski definition) is 1. The molecule has 3 heteroatoms. The van der Waals surface area contributed by atoms with E-state index in [-0.39, 0.29) is 0 Å². The molecule has 0 aliphatic carbocycles. The number of fused-ring (bicyclic) bond motifs is 1. The van der Waals surface area contributed by atoms with Gasteiger partial charge >= 0.3 is 0 Å². The molecule has 2 aromatic rings. The Bertz CT molecular complexity index is 607. The van der Waals surface area contributed by atoms with Crippen LogP contribution in [0.25, 0.3) is 0 Å². The highest BCUT2D eigenvalue weighted by Gasteiger charge is 2.16. The Kier molecular flexibility index (Phi) is 4.11. The minimum absolute atomic E-state index is 0.540. The smallest absolute Gasteiger partial charge is 0.120 e. The van der Waals surface area contributed by atoms with Crippen molar-refractivity contribution in [3.63, 3.8) is 0 Å². The van der Waals surface area contributed by atoms with Crippen LogP contribution in [0.4, 0.5) is 0 Å². The predicted octanol–water partition coefficient (Wildman–Crippen LogP) is 3.48. The lowest BCUT2D eigenvalue weighted by molar-refractivity contribution is 0.305. The molecular weight excluding hydrogens is 262 g/mol. The molecule has 1 aliphatic heterocycles. The number of hydrogen-bond acceptors (Lipinski definition) is 3. The summed E-state index contributed by atoms with van der Waals surface area (Å²) in [6, 6.07) is 14.4. The number of rotatable bonds is 4. The zero-order valence-electron chi connectivity index (χ0n) is 12.6. The topological polar surface area (TPSA) is 30.5 Å². The molecule has 1 N–H and O–H groups in total. The fourth-order valence-corrected chi connectivity index (χ4v) is 2.70. The summed E-state index contributed by atoms with van der Waals surface area (Å²) in [6.07, 6.45) is 0. The summed E-state index contributed by atoms with van der Waals surface area (Å²) in [5.41, 5.74) is 3.93. The second-order valence-electron chi connectivity index (χ2n) is 5.53. The molecule has 0 bridgehead atoms. The largest absolute Gasteiger partial charge is 0.497 e. The Labute approximate surface area is 125 Å². The van der Waals surface area contributed by atoms with Crippen molar-refractivity contribution in [2.75, 3.05) is 13.7 Å². The van der Waals surface area contributed by atoms with Crippen LogP contribution in [0.15, 0.2) is 42.5 Å². The standard InChI is InChI=1S/C18H21NO2/c1-13-10-19-11-15-5-8-17(9-18(13)15)21-12-14-3-6-16(20-2)7-4-14/h3-9,13,19H,10-12H2,1-2H3. The SMILES string of the molecule is COc1ccc(COc2ccc3c(c2)C(C)CNC3)cc1. The quantitative estimate of drug-likeness (QED) is 0.932. The molecule has 1 heterocycles. The zero-order valence-corrected chi connectivity index (χ0v) is 12.6. The van der Waals surface area contributed by atoms with E-state index >= 15 is 0 Å². The lowest BCUT2D eigenvalue weighted by Crippen LogP contribution is -2.26. The lowest BCUT2D eigenvalue weighted by atomic mass is 9.92. The highest BCUT2D eigenvalue weighted by molar-refractivity contribution is 5.39. The number of methoxy groups -OCH3 is 1. The molecule has 1 atom stereocenters. The average Bonchev–Trinajstić information content (AvgIpc) is 2.54. The Morgan fingerprint density at radius 2 is 1.86 bits per heavy atom. The molecule has 0 saturated carbocycles. The summed E-state index contributed by atoms with van der Waals surface area (Å²) in [5, 5.41) is 3.43. The molecular formula is C18H21NO2. The van der Waals surface area contributed by atoms with Gasteiger partial charge < -0.3 is 14.8 Å². The van der Waals surface area contributed by atoms with E-state index in [1.54, 1.807) is 7.11 Å². The summed E-state index contributed by atoms with van der Waals surface area (Å²) in [6.45, 7) is 4.82. The first-order chi connectivity index (χ1) is 10.3. The third kappa shape index (κ3) is 3.19. The fourth-order valence-electron chi connectivity index (χ4n) is 2.70. The summed E-state index contributed by atoms with van der Waals surface area (Å²) >= 11 is 0. The molecule has 21 heavy (non-hydrogen) atoms. The third-order valence-corrected chi connectivity index (χ3v) is 3.98. The van der Waals surface area contributed by atoms with E-state index in [1.807, 2.05) is 24.3 Å². The minimum atomic E-state index is 0.540. The van der Waals surface area contributed by atoms with Gasteiger partial charge in [-0.3, -0.25) is 0 Å². The second kappa shape index (κ2) is 6.19. The van der Waals surface area contributed by atoms with E-state index in [0.29, 0.717) is 12.5 Å². The van der Waals surface area contributed by atoms with Crippen LogP contribution in [0.1, 0.15) is 29.5 Å². The molecule has 110 valence electrons. The van der Waals surface area contributed by atoms with E-state index in [0.717, 1.165) is 30.2 Å². The average molecular weight is 283 g/mol. The highest BCUT2D eigenvalue weighted by atomic mass is 16.5. The van der Waals surface area contributed by atoms with E-state index in [2.05, 4.69) is 30.4 Å². The summed E-state index contributed by atoms with van der Waals surface area (Å²) in [5.74, 6) is 2.35. The van der Waals surface area contributed by atoms with E-state index < -0.39 is 0 Å². The van der Waals surface area contributed by atoms with Gasteiger partial charge in [0.2, 0.25) is 0 Å². The van der Waals surface area contributed by atoms with E-state index in [4.69, 9.17) is 9.47 Å². The van der Waals surface area contributed by atoms with Crippen molar-refractivity contribution in [1.82, 2.24) is 5.32 Å². The molecule has 0 radical (unpaired) electrons. The second-order valence-corrected chi connectivity index (χ2v) is 5.53. The van der Waals surface area contributed by atoms with Gasteiger partial charge in [-0.05, 0) is 46.9 Å².